The van der Waals surface area contributed by atoms with Crippen LogP contribution in [-0.4, -0.2) is 30.2 Å². The summed E-state index contributed by atoms with van der Waals surface area (Å²) < 4.78 is 0. The fourth-order valence-electron chi connectivity index (χ4n) is 2.05. The Balaban J connectivity index is 2.18. The summed E-state index contributed by atoms with van der Waals surface area (Å²) in [6.45, 7) is 4.64. The standard InChI is InChI=1S/C15H25NO/c1-14-8-7-9-15(12-14)13-16(2)10-5-3-4-6-11-17/h7-9,12,17H,3-6,10-11,13H2,1-2H3. The zero-order valence-corrected chi connectivity index (χ0v) is 11.2. The summed E-state index contributed by atoms with van der Waals surface area (Å²) in [7, 11) is 2.17. The minimum atomic E-state index is 0.332. The van der Waals surface area contributed by atoms with Crippen LogP contribution < -0.4 is 0 Å². The lowest BCUT2D eigenvalue weighted by molar-refractivity contribution is 0.277. The van der Waals surface area contributed by atoms with Crippen LogP contribution in [-0.2, 0) is 6.54 Å². The van der Waals surface area contributed by atoms with Crippen LogP contribution in [0.2, 0.25) is 0 Å². The second-order valence-electron chi connectivity index (χ2n) is 4.86. The summed E-state index contributed by atoms with van der Waals surface area (Å²) in [5.74, 6) is 0. The largest absolute Gasteiger partial charge is 0.396 e. The molecule has 0 heterocycles. The van der Waals surface area contributed by atoms with Gasteiger partial charge in [-0.3, -0.25) is 0 Å². The Kier molecular flexibility index (Phi) is 6.90. The van der Waals surface area contributed by atoms with Crippen molar-refractivity contribution in [2.45, 2.75) is 39.2 Å². The normalized spacial score (nSPS) is 11.1. The molecule has 2 heteroatoms. The predicted molar refractivity (Wildman–Crippen MR) is 73.1 cm³/mol. The van der Waals surface area contributed by atoms with Crippen LogP contribution in [0.1, 0.15) is 36.8 Å². The highest BCUT2D eigenvalue weighted by molar-refractivity contribution is 5.21. The van der Waals surface area contributed by atoms with Crippen LogP contribution in [0.5, 0.6) is 0 Å². The molecular formula is C15H25NO. The lowest BCUT2D eigenvalue weighted by Crippen LogP contribution is -2.19. The highest BCUT2D eigenvalue weighted by Gasteiger charge is 2.00. The van der Waals surface area contributed by atoms with Crippen LogP contribution in [0.3, 0.4) is 0 Å². The smallest absolute Gasteiger partial charge is 0.0431 e. The molecule has 17 heavy (non-hydrogen) atoms. The lowest BCUT2D eigenvalue weighted by atomic mass is 10.1. The first-order valence-electron chi connectivity index (χ1n) is 6.57. The van der Waals surface area contributed by atoms with Crippen LogP contribution >= 0.6 is 0 Å². The van der Waals surface area contributed by atoms with E-state index in [2.05, 4.69) is 43.1 Å². The molecule has 0 aliphatic heterocycles. The number of aryl methyl sites for hydroxylation is 1. The van der Waals surface area contributed by atoms with E-state index >= 15 is 0 Å². The zero-order valence-electron chi connectivity index (χ0n) is 11.2. The van der Waals surface area contributed by atoms with Gasteiger partial charge in [-0.1, -0.05) is 42.7 Å². The van der Waals surface area contributed by atoms with Gasteiger partial charge in [0.05, 0.1) is 0 Å². The number of aliphatic hydroxyl groups excluding tert-OH is 1. The van der Waals surface area contributed by atoms with Gasteiger partial charge in [0.2, 0.25) is 0 Å². The Labute approximate surface area is 105 Å². The van der Waals surface area contributed by atoms with Crippen molar-refractivity contribution in [1.29, 1.82) is 0 Å². The van der Waals surface area contributed by atoms with Crippen molar-refractivity contribution in [3.05, 3.63) is 35.4 Å². The molecule has 0 aliphatic carbocycles. The minimum absolute atomic E-state index is 0.332. The summed E-state index contributed by atoms with van der Waals surface area (Å²) in [5.41, 5.74) is 2.72. The Morgan fingerprint density at radius 1 is 1.12 bits per heavy atom. The van der Waals surface area contributed by atoms with E-state index in [1.54, 1.807) is 0 Å². The number of aliphatic hydroxyl groups is 1. The first-order valence-corrected chi connectivity index (χ1v) is 6.57. The van der Waals surface area contributed by atoms with E-state index in [1.165, 1.54) is 24.0 Å². The summed E-state index contributed by atoms with van der Waals surface area (Å²) in [5, 5.41) is 8.69. The fourth-order valence-corrected chi connectivity index (χ4v) is 2.05. The molecule has 0 radical (unpaired) electrons. The highest BCUT2D eigenvalue weighted by Crippen LogP contribution is 2.08. The highest BCUT2D eigenvalue weighted by atomic mass is 16.2. The molecule has 1 rings (SSSR count). The van der Waals surface area contributed by atoms with E-state index in [4.69, 9.17) is 5.11 Å². The monoisotopic (exact) mass is 235 g/mol. The van der Waals surface area contributed by atoms with Crippen molar-refractivity contribution < 1.29 is 5.11 Å². The number of rotatable bonds is 8. The van der Waals surface area contributed by atoms with Crippen molar-refractivity contribution in [2.75, 3.05) is 20.2 Å². The van der Waals surface area contributed by atoms with Gasteiger partial charge >= 0.3 is 0 Å². The second-order valence-corrected chi connectivity index (χ2v) is 4.86. The van der Waals surface area contributed by atoms with Gasteiger partial charge in [0.1, 0.15) is 0 Å². The van der Waals surface area contributed by atoms with Crippen LogP contribution in [0.15, 0.2) is 24.3 Å². The maximum Gasteiger partial charge on any atom is 0.0431 e. The number of hydrogen-bond acceptors (Lipinski definition) is 2. The summed E-state index contributed by atoms with van der Waals surface area (Å²) >= 11 is 0. The maximum absolute atomic E-state index is 8.69. The quantitative estimate of drug-likeness (QED) is 0.700. The SMILES string of the molecule is Cc1cccc(CN(C)CCCCCCO)c1. The van der Waals surface area contributed by atoms with Crippen LogP contribution in [0.4, 0.5) is 0 Å². The number of benzene rings is 1. The molecule has 1 aromatic carbocycles. The summed E-state index contributed by atoms with van der Waals surface area (Å²) in [4.78, 5) is 2.37. The van der Waals surface area contributed by atoms with Gasteiger partial charge in [0.25, 0.3) is 0 Å². The Hall–Kier alpha value is -0.860. The third-order valence-corrected chi connectivity index (χ3v) is 2.98. The molecule has 0 bridgehead atoms. The predicted octanol–water partition coefficient (Wildman–Crippen LogP) is 2.98. The van der Waals surface area contributed by atoms with Crippen molar-refractivity contribution in [2.24, 2.45) is 0 Å². The van der Waals surface area contributed by atoms with Gasteiger partial charge in [0, 0.05) is 13.2 Å². The molecule has 0 unspecified atom stereocenters. The average molecular weight is 235 g/mol. The van der Waals surface area contributed by atoms with E-state index in [0.717, 1.165) is 25.9 Å². The molecule has 96 valence electrons. The van der Waals surface area contributed by atoms with E-state index < -0.39 is 0 Å². The van der Waals surface area contributed by atoms with Crippen molar-refractivity contribution in [1.82, 2.24) is 4.90 Å². The molecule has 0 saturated carbocycles. The van der Waals surface area contributed by atoms with Crippen LogP contribution in [0, 0.1) is 6.92 Å². The van der Waals surface area contributed by atoms with Gasteiger partial charge in [-0.15, -0.1) is 0 Å². The molecule has 0 atom stereocenters. The van der Waals surface area contributed by atoms with Crippen molar-refractivity contribution in [3.63, 3.8) is 0 Å². The molecule has 0 fully saturated rings. The van der Waals surface area contributed by atoms with E-state index in [-0.39, 0.29) is 0 Å². The first kappa shape index (κ1) is 14.2. The number of nitrogens with zero attached hydrogens (tertiary/aromatic N) is 1. The van der Waals surface area contributed by atoms with Gasteiger partial charge < -0.3 is 10.0 Å². The topological polar surface area (TPSA) is 23.5 Å². The van der Waals surface area contributed by atoms with E-state index in [0.29, 0.717) is 6.61 Å². The fraction of sp³-hybridized carbons (Fsp3) is 0.600. The maximum atomic E-state index is 8.69. The Bertz CT molecular complexity index is 312. The number of hydrogen-bond donors (Lipinski definition) is 1. The van der Waals surface area contributed by atoms with Gasteiger partial charge in [-0.2, -0.15) is 0 Å². The molecule has 2 nitrogen and oxygen atoms in total. The van der Waals surface area contributed by atoms with Crippen molar-refractivity contribution in [3.8, 4) is 0 Å². The molecule has 0 amide bonds. The third-order valence-electron chi connectivity index (χ3n) is 2.98. The van der Waals surface area contributed by atoms with Crippen LogP contribution in [0.25, 0.3) is 0 Å². The first-order chi connectivity index (χ1) is 8.22. The molecular weight excluding hydrogens is 210 g/mol. The summed E-state index contributed by atoms with van der Waals surface area (Å²) in [6, 6.07) is 8.70. The summed E-state index contributed by atoms with van der Waals surface area (Å²) in [6.07, 6.45) is 4.54. The van der Waals surface area contributed by atoms with Gasteiger partial charge in [0.15, 0.2) is 0 Å². The molecule has 1 aromatic rings. The third kappa shape index (κ3) is 6.44. The molecule has 0 aromatic heterocycles. The molecule has 0 saturated heterocycles. The number of unbranched alkanes of at least 4 members (excludes halogenated alkanes) is 3. The molecule has 0 aliphatic rings. The van der Waals surface area contributed by atoms with E-state index in [1.807, 2.05) is 0 Å². The second kappa shape index (κ2) is 8.26. The van der Waals surface area contributed by atoms with Gasteiger partial charge in [-0.05, 0) is 38.9 Å². The zero-order chi connectivity index (χ0) is 12.5. The minimum Gasteiger partial charge on any atom is -0.396 e. The average Bonchev–Trinajstić information content (AvgIpc) is 2.29. The lowest BCUT2D eigenvalue weighted by Gasteiger charge is -2.16. The van der Waals surface area contributed by atoms with Gasteiger partial charge in [-0.25, -0.2) is 0 Å². The van der Waals surface area contributed by atoms with Crippen molar-refractivity contribution >= 4 is 0 Å². The molecule has 1 N–H and O–H groups in total. The Morgan fingerprint density at radius 2 is 1.88 bits per heavy atom. The Morgan fingerprint density at radius 3 is 2.59 bits per heavy atom. The van der Waals surface area contributed by atoms with E-state index in [9.17, 15) is 0 Å². The molecule has 0 spiro atoms.